The van der Waals surface area contributed by atoms with E-state index in [1.54, 1.807) is 6.92 Å². The minimum atomic E-state index is -1.76. The lowest BCUT2D eigenvalue weighted by Gasteiger charge is -2.24. The normalized spacial score (nSPS) is 51.1. The van der Waals surface area contributed by atoms with Gasteiger partial charge in [0.05, 0.1) is 0 Å². The molecule has 1 aliphatic rings. The molecular formula is C9H14O2. The number of hydrogen-bond donors (Lipinski definition) is 1. The van der Waals surface area contributed by atoms with E-state index in [1.165, 1.54) is 0 Å². The van der Waals surface area contributed by atoms with Crippen molar-refractivity contribution in [1.29, 1.82) is 0 Å². The van der Waals surface area contributed by atoms with Crippen molar-refractivity contribution in [2.75, 3.05) is 0 Å². The minimum absolute atomic E-state index is 0.495. The largest absolute Gasteiger partial charge is 0.368 e. The molecule has 11 heavy (non-hydrogen) atoms. The Morgan fingerprint density at radius 1 is 2.00 bits per heavy atom. The average Bonchev–Trinajstić information content (AvgIpc) is 2.27. The molecule has 0 aromatic carbocycles. The molecule has 0 saturated carbocycles. The Balaban J connectivity index is 3.03. The van der Waals surface area contributed by atoms with Crippen LogP contribution in [0.4, 0.5) is 0 Å². The number of aliphatic hydroxyl groups excluding tert-OH is 1. The van der Waals surface area contributed by atoms with Crippen LogP contribution < -0.4 is 0 Å². The van der Waals surface area contributed by atoms with Crippen molar-refractivity contribution in [3.8, 4) is 12.3 Å². The minimum Gasteiger partial charge on any atom is -0.368 e. The molecule has 2 heteroatoms. The first-order valence-electron chi connectivity index (χ1n) is 4.74. The van der Waals surface area contributed by atoms with Gasteiger partial charge in [0, 0.05) is 15.0 Å². The number of aliphatic hydroxyl groups is 1. The molecule has 1 aliphatic heterocycles. The Labute approximate surface area is 70.4 Å². The van der Waals surface area contributed by atoms with Crippen LogP contribution in [0.25, 0.3) is 0 Å². The van der Waals surface area contributed by atoms with Crippen LogP contribution >= 0.6 is 0 Å². The van der Waals surface area contributed by atoms with Crippen molar-refractivity contribution >= 4 is 0 Å². The Morgan fingerprint density at radius 2 is 2.64 bits per heavy atom. The third-order valence-corrected chi connectivity index (χ3v) is 2.18. The maximum absolute atomic E-state index is 9.33. The molecule has 62 valence electrons. The fourth-order valence-electron chi connectivity index (χ4n) is 1.33. The van der Waals surface area contributed by atoms with Crippen molar-refractivity contribution < 1.29 is 12.6 Å². The van der Waals surface area contributed by atoms with Crippen LogP contribution in [0.2, 0.25) is 0 Å². The van der Waals surface area contributed by atoms with Crippen LogP contribution in [0.1, 0.15) is 29.4 Å². The van der Waals surface area contributed by atoms with Gasteiger partial charge in [0.15, 0.2) is 6.29 Å². The summed E-state index contributed by atoms with van der Waals surface area (Å²) in [5.74, 6) is 1.95. The second-order valence-electron chi connectivity index (χ2n) is 2.75. The highest BCUT2D eigenvalue weighted by molar-refractivity contribution is 5.13. The summed E-state index contributed by atoms with van der Waals surface area (Å²) in [6, 6.07) is 0. The third kappa shape index (κ3) is 1.26. The highest BCUT2D eigenvalue weighted by Crippen LogP contribution is 2.36. The molecule has 0 aromatic heterocycles. The van der Waals surface area contributed by atoms with Crippen LogP contribution in [0.15, 0.2) is 0 Å². The number of rotatable bonds is 1. The quantitative estimate of drug-likeness (QED) is 0.577. The van der Waals surface area contributed by atoms with Crippen LogP contribution in [0, 0.1) is 18.3 Å². The molecule has 1 heterocycles. The van der Waals surface area contributed by atoms with Gasteiger partial charge < -0.3 is 9.84 Å². The van der Waals surface area contributed by atoms with Crippen LogP contribution in [-0.4, -0.2) is 17.0 Å². The average molecular weight is 156 g/mol. The van der Waals surface area contributed by atoms with Gasteiger partial charge in [-0.15, -0.1) is 6.42 Å². The van der Waals surface area contributed by atoms with E-state index < -0.39 is 24.2 Å². The number of terminal acetylenes is 1. The smallest absolute Gasteiger partial charge is 0.157 e. The maximum atomic E-state index is 9.33. The van der Waals surface area contributed by atoms with E-state index in [9.17, 15) is 5.11 Å². The molecule has 0 bridgehead atoms. The maximum Gasteiger partial charge on any atom is 0.157 e. The second kappa shape index (κ2) is 2.84. The van der Waals surface area contributed by atoms with Crippen molar-refractivity contribution in [3.05, 3.63) is 0 Å². The van der Waals surface area contributed by atoms with E-state index in [0.29, 0.717) is 6.42 Å². The lowest BCUT2D eigenvalue weighted by molar-refractivity contribution is -0.119. The van der Waals surface area contributed by atoms with Crippen LogP contribution in [0.5, 0.6) is 0 Å². The molecule has 0 radical (unpaired) electrons. The SMILES string of the molecule is [2H]C1([2H])C(O)O[C@](C#C)(CC)[C@H]1C. The van der Waals surface area contributed by atoms with E-state index >= 15 is 0 Å². The van der Waals surface area contributed by atoms with Gasteiger partial charge in [-0.2, -0.15) is 0 Å². The Kier molecular flexibility index (Phi) is 1.56. The Morgan fingerprint density at radius 3 is 2.82 bits per heavy atom. The topological polar surface area (TPSA) is 29.5 Å². The van der Waals surface area contributed by atoms with Gasteiger partial charge in [0.1, 0.15) is 5.60 Å². The lowest BCUT2D eigenvalue weighted by Crippen LogP contribution is -2.31. The van der Waals surface area contributed by atoms with Crippen LogP contribution in [0.3, 0.4) is 0 Å². The molecule has 3 atom stereocenters. The number of hydrogen-bond acceptors (Lipinski definition) is 2. The van der Waals surface area contributed by atoms with Gasteiger partial charge in [0.2, 0.25) is 0 Å². The van der Waals surface area contributed by atoms with Gasteiger partial charge in [-0.25, -0.2) is 0 Å². The molecule has 1 N–H and O–H groups in total. The summed E-state index contributed by atoms with van der Waals surface area (Å²) >= 11 is 0. The molecule has 0 amide bonds. The van der Waals surface area contributed by atoms with Gasteiger partial charge in [-0.3, -0.25) is 0 Å². The monoisotopic (exact) mass is 156 g/mol. The molecule has 1 fully saturated rings. The van der Waals surface area contributed by atoms with E-state index in [-0.39, 0.29) is 0 Å². The van der Waals surface area contributed by atoms with E-state index in [1.807, 2.05) is 6.92 Å². The highest BCUT2D eigenvalue weighted by atomic mass is 16.6. The van der Waals surface area contributed by atoms with Gasteiger partial charge in [-0.05, 0) is 6.42 Å². The molecule has 0 spiro atoms. The Bertz CT molecular complexity index is 246. The predicted molar refractivity (Wildman–Crippen MR) is 42.7 cm³/mol. The van der Waals surface area contributed by atoms with E-state index in [0.717, 1.165) is 0 Å². The second-order valence-corrected chi connectivity index (χ2v) is 2.75. The first-order valence-corrected chi connectivity index (χ1v) is 3.74. The van der Waals surface area contributed by atoms with Crippen molar-refractivity contribution in [1.82, 2.24) is 0 Å². The van der Waals surface area contributed by atoms with E-state index in [4.69, 9.17) is 13.9 Å². The van der Waals surface area contributed by atoms with Gasteiger partial charge >= 0.3 is 0 Å². The molecule has 1 rings (SSSR count). The zero-order valence-corrected chi connectivity index (χ0v) is 6.79. The standard InChI is InChI=1S/C9H14O2/c1-4-9(5-2)7(3)6-8(10)11-9/h1,7-8,10H,5-6H2,2-3H3/t7-,8?,9+/m0/s1/i6D2. The molecular weight excluding hydrogens is 140 g/mol. The van der Waals surface area contributed by atoms with Gasteiger partial charge in [-0.1, -0.05) is 19.8 Å². The molecule has 0 aliphatic carbocycles. The van der Waals surface area contributed by atoms with E-state index in [2.05, 4.69) is 5.92 Å². The summed E-state index contributed by atoms with van der Waals surface area (Å²) in [5, 5.41) is 9.33. The van der Waals surface area contributed by atoms with Crippen LogP contribution in [-0.2, 0) is 4.74 Å². The first kappa shape index (κ1) is 6.05. The van der Waals surface area contributed by atoms with Crippen molar-refractivity contribution in [3.63, 3.8) is 0 Å². The Hall–Kier alpha value is -0.520. The fraction of sp³-hybridized carbons (Fsp3) is 0.778. The van der Waals surface area contributed by atoms with Crippen molar-refractivity contribution in [2.45, 2.75) is 38.5 Å². The summed E-state index contributed by atoms with van der Waals surface area (Å²) in [6.45, 7) is 3.49. The third-order valence-electron chi connectivity index (χ3n) is 2.18. The van der Waals surface area contributed by atoms with Crippen molar-refractivity contribution in [2.24, 2.45) is 5.92 Å². The summed E-state index contributed by atoms with van der Waals surface area (Å²) in [7, 11) is 0. The summed E-state index contributed by atoms with van der Waals surface area (Å²) < 4.78 is 20.2. The highest BCUT2D eigenvalue weighted by Gasteiger charge is 2.42. The van der Waals surface area contributed by atoms with Gasteiger partial charge in [0.25, 0.3) is 0 Å². The summed E-state index contributed by atoms with van der Waals surface area (Å²) in [5.41, 5.74) is -0.955. The zero-order chi connectivity index (χ0) is 10.3. The zero-order valence-electron chi connectivity index (χ0n) is 8.79. The molecule has 2 nitrogen and oxygen atoms in total. The summed E-state index contributed by atoms with van der Waals surface area (Å²) in [4.78, 5) is 0. The molecule has 1 unspecified atom stereocenters. The lowest BCUT2D eigenvalue weighted by atomic mass is 9.87. The predicted octanol–water partition coefficient (Wildman–Crippen LogP) is 1.14. The number of ether oxygens (including phenoxy) is 1. The fourth-order valence-corrected chi connectivity index (χ4v) is 1.33. The molecule has 1 saturated heterocycles. The summed E-state index contributed by atoms with van der Waals surface area (Å²) in [6.07, 6.45) is 2.62. The molecule has 0 aromatic rings. The first-order chi connectivity index (χ1) is 5.90.